The maximum Gasteiger partial charge on any atom is 0.477 e. The van der Waals surface area contributed by atoms with E-state index in [9.17, 15) is 14.5 Å². The first-order valence-electron chi connectivity index (χ1n) is 19.0. The number of hydrogen-bond donors (Lipinski definition) is 2. The molecular formula is C41H56NO9P. The first kappa shape index (κ1) is 40.3. The summed E-state index contributed by atoms with van der Waals surface area (Å²) in [7, 11) is -4.35. The zero-order chi connectivity index (χ0) is 36.4. The van der Waals surface area contributed by atoms with Crippen molar-refractivity contribution in [1.82, 2.24) is 5.32 Å². The van der Waals surface area contributed by atoms with Gasteiger partial charge in [-0.1, -0.05) is 162 Å². The van der Waals surface area contributed by atoms with Crippen LogP contribution in [0, 0.1) is 0 Å². The van der Waals surface area contributed by atoms with Gasteiger partial charge in [-0.3, -0.25) is 18.4 Å². The maximum absolute atomic E-state index is 14.3. The van der Waals surface area contributed by atoms with Crippen LogP contribution in [0.3, 0.4) is 0 Å². The van der Waals surface area contributed by atoms with Crippen LogP contribution in [0.4, 0.5) is 0 Å². The number of rotatable bonds is 22. The number of carbonyl (C=O) groups is 1. The van der Waals surface area contributed by atoms with Crippen LogP contribution in [-0.4, -0.2) is 48.3 Å². The van der Waals surface area contributed by atoms with Gasteiger partial charge < -0.3 is 24.6 Å². The Kier molecular flexibility index (Phi) is 16.8. The number of ether oxygens (including phenoxy) is 3. The Morgan fingerprint density at radius 3 is 1.83 bits per heavy atom. The summed E-state index contributed by atoms with van der Waals surface area (Å²) in [6.07, 6.45) is 8.10. The lowest BCUT2D eigenvalue weighted by molar-refractivity contribution is -0.335. The number of nitrogens with one attached hydrogen (secondary N) is 1. The molecule has 2 N–H and O–H groups in total. The molecule has 3 aromatic rings. The number of phosphoric acid groups is 1. The summed E-state index contributed by atoms with van der Waals surface area (Å²) >= 11 is 0. The molecule has 2 saturated heterocycles. The van der Waals surface area contributed by atoms with Crippen LogP contribution in [-0.2, 0) is 50.4 Å². The van der Waals surface area contributed by atoms with E-state index in [1.54, 1.807) is 0 Å². The van der Waals surface area contributed by atoms with Gasteiger partial charge >= 0.3 is 7.82 Å². The number of aliphatic hydroxyl groups excluding tert-OH is 1. The second-order valence-corrected chi connectivity index (χ2v) is 15.3. The highest BCUT2D eigenvalue weighted by atomic mass is 31.2. The quantitative estimate of drug-likeness (QED) is 0.0769. The van der Waals surface area contributed by atoms with Crippen molar-refractivity contribution in [2.75, 3.05) is 6.61 Å². The molecule has 11 heteroatoms. The van der Waals surface area contributed by atoms with Crippen molar-refractivity contribution >= 4 is 13.7 Å². The predicted molar refractivity (Wildman–Crippen MR) is 199 cm³/mol. The molecule has 5 rings (SSSR count). The standard InChI is InChI=1S/C41H56NO9P/c1-2-3-4-5-6-7-8-9-10-11-21-28-36(43)42-37-38(44)39-35(31-46-40(50-39)34-26-19-14-20-27-34)49-41(37)51-52(45,47-29-32-22-15-12-16-23-32)48-30-33-24-17-13-18-25-33/h12-20,22-27,35,37-41,44H,2-11,21,28-31H2,1H3,(H,42,43)/t35-,37-,38-,39-,40?,41-/m1/s1. The lowest BCUT2D eigenvalue weighted by Crippen LogP contribution is -2.66. The van der Waals surface area contributed by atoms with Crippen LogP contribution in [0.5, 0.6) is 0 Å². The van der Waals surface area contributed by atoms with Gasteiger partial charge in [0, 0.05) is 12.0 Å². The van der Waals surface area contributed by atoms with Crippen molar-refractivity contribution in [3.05, 3.63) is 108 Å². The second kappa shape index (κ2) is 21.7. The molecule has 0 spiro atoms. The molecule has 1 amide bonds. The molecule has 2 aliphatic heterocycles. The lowest BCUT2D eigenvalue weighted by Gasteiger charge is -2.47. The number of unbranched alkanes of at least 4 members (excludes halogenated alkanes) is 10. The van der Waals surface area contributed by atoms with Crippen LogP contribution in [0.25, 0.3) is 0 Å². The minimum atomic E-state index is -4.35. The van der Waals surface area contributed by atoms with Gasteiger partial charge in [0.1, 0.15) is 24.4 Å². The molecule has 284 valence electrons. The highest BCUT2D eigenvalue weighted by Gasteiger charge is 2.52. The SMILES string of the molecule is CCCCCCCCCCCCCC(=O)N[C@H]1[C@@H](OP(=O)(OCc2ccccc2)OCc2ccccc2)O[C@@H]2COC(c3ccccc3)O[C@H]2[C@@H]1O. The van der Waals surface area contributed by atoms with E-state index in [0.717, 1.165) is 36.0 Å². The summed E-state index contributed by atoms with van der Waals surface area (Å²) in [6.45, 7) is 2.18. The lowest BCUT2D eigenvalue weighted by atomic mass is 9.95. The first-order valence-corrected chi connectivity index (χ1v) is 20.5. The third kappa shape index (κ3) is 12.9. The van der Waals surface area contributed by atoms with E-state index < -0.39 is 44.8 Å². The van der Waals surface area contributed by atoms with Gasteiger partial charge in [0.2, 0.25) is 5.91 Å². The van der Waals surface area contributed by atoms with E-state index >= 15 is 0 Å². The van der Waals surface area contributed by atoms with Crippen LogP contribution in [0.15, 0.2) is 91.0 Å². The molecular weight excluding hydrogens is 681 g/mol. The van der Waals surface area contributed by atoms with Gasteiger partial charge in [-0.25, -0.2) is 4.57 Å². The number of hydrogen-bond acceptors (Lipinski definition) is 9. The third-order valence-electron chi connectivity index (χ3n) is 9.47. The zero-order valence-corrected chi connectivity index (χ0v) is 31.3. The molecule has 10 nitrogen and oxygen atoms in total. The van der Waals surface area contributed by atoms with Crippen molar-refractivity contribution in [2.45, 2.75) is 134 Å². The number of phosphoric ester groups is 1. The summed E-state index contributed by atoms with van der Waals surface area (Å²) in [5.74, 6) is -0.271. The molecule has 0 saturated carbocycles. The van der Waals surface area contributed by atoms with E-state index in [1.165, 1.54) is 44.9 Å². The zero-order valence-electron chi connectivity index (χ0n) is 30.4. The van der Waals surface area contributed by atoms with Gasteiger partial charge in [-0.15, -0.1) is 0 Å². The maximum atomic E-state index is 14.3. The van der Waals surface area contributed by atoms with Crippen LogP contribution in [0.2, 0.25) is 0 Å². The fourth-order valence-electron chi connectivity index (χ4n) is 6.50. The van der Waals surface area contributed by atoms with Crippen LogP contribution in [0.1, 0.15) is 107 Å². The summed E-state index contributed by atoms with van der Waals surface area (Å²) in [6, 6.07) is 26.8. The molecule has 6 atom stereocenters. The molecule has 3 aromatic carbocycles. The number of benzene rings is 3. The molecule has 0 bridgehead atoms. The smallest absolute Gasteiger partial charge is 0.388 e. The molecule has 1 unspecified atom stereocenters. The van der Waals surface area contributed by atoms with E-state index in [2.05, 4.69) is 12.2 Å². The number of amides is 1. The average Bonchev–Trinajstić information content (AvgIpc) is 3.18. The Hall–Kier alpha value is -2.92. The molecule has 0 aliphatic carbocycles. The molecule has 52 heavy (non-hydrogen) atoms. The fraction of sp³-hybridized carbons (Fsp3) is 0.537. The normalized spacial score (nSPS) is 23.2. The van der Waals surface area contributed by atoms with E-state index in [4.69, 9.17) is 27.8 Å². The molecule has 2 aliphatic rings. The molecule has 0 radical (unpaired) electrons. The Balaban J connectivity index is 1.24. The fourth-order valence-corrected chi connectivity index (χ4v) is 7.75. The van der Waals surface area contributed by atoms with Crippen LogP contribution < -0.4 is 5.32 Å². The van der Waals surface area contributed by atoms with Crippen molar-refractivity contribution in [3.63, 3.8) is 0 Å². The number of aliphatic hydroxyl groups is 1. The summed E-state index contributed by atoms with van der Waals surface area (Å²) in [4.78, 5) is 13.4. The molecule has 2 fully saturated rings. The van der Waals surface area contributed by atoms with E-state index in [0.29, 0.717) is 6.42 Å². The van der Waals surface area contributed by atoms with Crippen LogP contribution >= 0.6 is 7.82 Å². The number of fused-ring (bicyclic) bond motifs is 1. The first-order chi connectivity index (χ1) is 25.4. The Morgan fingerprint density at radius 1 is 0.750 bits per heavy atom. The Labute approximate surface area is 309 Å². The van der Waals surface area contributed by atoms with Crippen molar-refractivity contribution in [2.24, 2.45) is 0 Å². The third-order valence-corrected chi connectivity index (χ3v) is 10.8. The minimum absolute atomic E-state index is 0.0604. The number of carbonyl (C=O) groups excluding carboxylic acids is 1. The molecule has 0 aromatic heterocycles. The van der Waals surface area contributed by atoms with Crippen molar-refractivity contribution in [3.8, 4) is 0 Å². The van der Waals surface area contributed by atoms with E-state index in [-0.39, 0.29) is 32.1 Å². The van der Waals surface area contributed by atoms with Gasteiger partial charge in [0.05, 0.1) is 19.8 Å². The largest absolute Gasteiger partial charge is 0.477 e. The van der Waals surface area contributed by atoms with Crippen molar-refractivity contribution < 1.29 is 42.2 Å². The monoisotopic (exact) mass is 737 g/mol. The molecule has 2 heterocycles. The summed E-state index contributed by atoms with van der Waals surface area (Å²) in [5, 5.41) is 14.7. The predicted octanol–water partition coefficient (Wildman–Crippen LogP) is 8.93. The summed E-state index contributed by atoms with van der Waals surface area (Å²) in [5.41, 5.74) is 2.31. The topological polar surface area (TPSA) is 122 Å². The van der Waals surface area contributed by atoms with Gasteiger partial charge in [-0.05, 0) is 17.5 Å². The van der Waals surface area contributed by atoms with Gasteiger partial charge in [0.15, 0.2) is 12.6 Å². The highest BCUT2D eigenvalue weighted by Crippen LogP contribution is 2.53. The summed E-state index contributed by atoms with van der Waals surface area (Å²) < 4.78 is 50.6. The van der Waals surface area contributed by atoms with Crippen molar-refractivity contribution in [1.29, 1.82) is 0 Å². The Morgan fingerprint density at radius 2 is 1.27 bits per heavy atom. The van der Waals surface area contributed by atoms with Gasteiger partial charge in [0.25, 0.3) is 0 Å². The minimum Gasteiger partial charge on any atom is -0.388 e. The van der Waals surface area contributed by atoms with Gasteiger partial charge in [-0.2, -0.15) is 0 Å². The Bertz CT molecular complexity index is 1430. The second-order valence-electron chi connectivity index (χ2n) is 13.7. The highest BCUT2D eigenvalue weighted by molar-refractivity contribution is 7.48. The average molecular weight is 738 g/mol. The van der Waals surface area contributed by atoms with E-state index in [1.807, 2.05) is 91.0 Å².